The van der Waals surface area contributed by atoms with E-state index in [-0.39, 0.29) is 5.56 Å². The number of halogens is 1. The zero-order valence-corrected chi connectivity index (χ0v) is 13.4. The van der Waals surface area contributed by atoms with Crippen LogP contribution in [0.4, 0.5) is 16.0 Å². The molecule has 0 aliphatic carbocycles. The molecule has 0 bridgehead atoms. The lowest BCUT2D eigenvalue weighted by Crippen LogP contribution is -2.39. The van der Waals surface area contributed by atoms with Crippen LogP contribution in [0.5, 0.6) is 0 Å². The number of anilines is 2. The molecule has 24 heavy (non-hydrogen) atoms. The topological polar surface area (TPSA) is 67.3 Å². The van der Waals surface area contributed by atoms with Crippen LogP contribution in [-0.2, 0) is 4.74 Å². The Bertz CT molecular complexity index is 703. The zero-order chi connectivity index (χ0) is 16.9. The van der Waals surface area contributed by atoms with Crippen molar-refractivity contribution in [3.05, 3.63) is 48.0 Å². The van der Waals surface area contributed by atoms with Gasteiger partial charge in [-0.2, -0.15) is 0 Å². The Kier molecular flexibility index (Phi) is 4.88. The predicted octanol–water partition coefficient (Wildman–Crippen LogP) is 2.48. The summed E-state index contributed by atoms with van der Waals surface area (Å²) in [5.74, 6) is -0.596. The molecule has 0 atom stereocenters. The number of nitrogens with zero attached hydrogens (tertiary/aromatic N) is 3. The summed E-state index contributed by atoms with van der Waals surface area (Å²) in [7, 11) is 1.25. The lowest BCUT2D eigenvalue weighted by atomic mass is 10.0. The number of hydrogen-bond acceptors (Lipinski definition) is 6. The Labute approximate surface area is 139 Å². The van der Waals surface area contributed by atoms with Gasteiger partial charge in [-0.25, -0.2) is 19.2 Å². The van der Waals surface area contributed by atoms with Crippen LogP contribution in [0.1, 0.15) is 23.2 Å². The summed E-state index contributed by atoms with van der Waals surface area (Å²) in [4.78, 5) is 22.1. The average Bonchev–Trinajstić information content (AvgIpc) is 2.63. The van der Waals surface area contributed by atoms with E-state index < -0.39 is 11.8 Å². The first-order valence-electron chi connectivity index (χ1n) is 7.84. The summed E-state index contributed by atoms with van der Waals surface area (Å²) < 4.78 is 18.4. The lowest BCUT2D eigenvalue weighted by Gasteiger charge is -2.34. The van der Waals surface area contributed by atoms with Crippen molar-refractivity contribution in [2.24, 2.45) is 0 Å². The molecule has 1 saturated heterocycles. The normalized spacial score (nSPS) is 15.2. The van der Waals surface area contributed by atoms with Crippen molar-refractivity contribution in [3.8, 4) is 0 Å². The van der Waals surface area contributed by atoms with Gasteiger partial charge in [0.1, 0.15) is 5.82 Å². The monoisotopic (exact) mass is 330 g/mol. The molecule has 1 aliphatic heterocycles. The molecule has 0 radical (unpaired) electrons. The lowest BCUT2D eigenvalue weighted by molar-refractivity contribution is 0.0595. The largest absolute Gasteiger partial charge is 0.465 e. The summed E-state index contributed by atoms with van der Waals surface area (Å²) >= 11 is 0. The third-order valence-corrected chi connectivity index (χ3v) is 4.11. The molecule has 2 heterocycles. The molecule has 1 aromatic carbocycles. The van der Waals surface area contributed by atoms with Crippen molar-refractivity contribution in [3.63, 3.8) is 0 Å². The van der Waals surface area contributed by atoms with Crippen LogP contribution in [0.25, 0.3) is 0 Å². The number of hydrogen-bond donors (Lipinski definition) is 1. The van der Waals surface area contributed by atoms with Crippen LogP contribution in [0.15, 0.2) is 36.7 Å². The molecule has 1 fully saturated rings. The number of methoxy groups -OCH3 is 1. The van der Waals surface area contributed by atoms with Gasteiger partial charge in [0.25, 0.3) is 0 Å². The predicted molar refractivity (Wildman–Crippen MR) is 88.6 cm³/mol. The summed E-state index contributed by atoms with van der Waals surface area (Å²) in [6.07, 6.45) is 5.22. The highest BCUT2D eigenvalue weighted by molar-refractivity contribution is 5.90. The molecule has 0 amide bonds. The maximum Gasteiger partial charge on any atom is 0.340 e. The summed E-state index contributed by atoms with van der Waals surface area (Å²) in [5.41, 5.74) is 0.791. The second-order valence-electron chi connectivity index (χ2n) is 5.63. The molecule has 1 aromatic heterocycles. The Hall–Kier alpha value is -2.70. The molecule has 126 valence electrons. The fourth-order valence-corrected chi connectivity index (χ4v) is 2.81. The molecule has 3 rings (SSSR count). The minimum atomic E-state index is -0.660. The second kappa shape index (κ2) is 7.25. The first kappa shape index (κ1) is 16.2. The number of rotatable bonds is 4. The van der Waals surface area contributed by atoms with Gasteiger partial charge in [0, 0.05) is 37.2 Å². The number of nitrogens with one attached hydrogen (secondary N) is 1. The van der Waals surface area contributed by atoms with Crippen molar-refractivity contribution in [1.82, 2.24) is 9.97 Å². The van der Waals surface area contributed by atoms with Crippen molar-refractivity contribution in [2.75, 3.05) is 30.4 Å². The smallest absolute Gasteiger partial charge is 0.340 e. The number of ether oxygens (including phenoxy) is 1. The maximum absolute atomic E-state index is 13.7. The number of piperidine rings is 1. The average molecular weight is 330 g/mol. The molecule has 1 N–H and O–H groups in total. The quantitative estimate of drug-likeness (QED) is 0.869. The molecule has 7 heteroatoms. The fourth-order valence-electron chi connectivity index (χ4n) is 2.81. The third kappa shape index (κ3) is 3.61. The first-order chi connectivity index (χ1) is 11.7. The number of aromatic nitrogens is 2. The summed E-state index contributed by atoms with van der Waals surface area (Å²) in [6.45, 7) is 1.60. The molecule has 0 unspecified atom stereocenters. The van der Waals surface area contributed by atoms with Crippen LogP contribution >= 0.6 is 0 Å². The van der Waals surface area contributed by atoms with E-state index in [1.807, 2.05) is 0 Å². The van der Waals surface area contributed by atoms with E-state index in [1.165, 1.54) is 13.2 Å². The Morgan fingerprint density at radius 2 is 2.00 bits per heavy atom. The fraction of sp³-hybridized carbons (Fsp3) is 0.353. The van der Waals surface area contributed by atoms with Gasteiger partial charge in [-0.1, -0.05) is 0 Å². The van der Waals surface area contributed by atoms with Crippen molar-refractivity contribution in [2.45, 2.75) is 18.9 Å². The Balaban J connectivity index is 1.63. The highest BCUT2D eigenvalue weighted by Gasteiger charge is 2.21. The third-order valence-electron chi connectivity index (χ3n) is 4.11. The molecule has 6 nitrogen and oxygen atoms in total. The summed E-state index contributed by atoms with van der Waals surface area (Å²) in [5, 5.41) is 3.32. The number of carbonyl (C=O) groups excluding carboxylic acids is 1. The number of benzene rings is 1. The van der Waals surface area contributed by atoms with Gasteiger partial charge in [-0.05, 0) is 37.1 Å². The van der Waals surface area contributed by atoms with E-state index >= 15 is 0 Å². The molecule has 2 aromatic rings. The maximum atomic E-state index is 13.7. The summed E-state index contributed by atoms with van der Waals surface area (Å²) in [6, 6.07) is 6.62. The van der Waals surface area contributed by atoms with E-state index in [4.69, 9.17) is 0 Å². The molecular weight excluding hydrogens is 311 g/mol. The van der Waals surface area contributed by atoms with Gasteiger partial charge in [0.15, 0.2) is 0 Å². The van der Waals surface area contributed by atoms with Crippen LogP contribution in [0.2, 0.25) is 0 Å². The van der Waals surface area contributed by atoms with Crippen molar-refractivity contribution in [1.29, 1.82) is 0 Å². The minimum absolute atomic E-state index is 0.0343. The highest BCUT2D eigenvalue weighted by Crippen LogP contribution is 2.24. The van der Waals surface area contributed by atoms with Crippen LogP contribution in [0.3, 0.4) is 0 Å². The van der Waals surface area contributed by atoms with E-state index in [0.717, 1.165) is 31.6 Å². The van der Waals surface area contributed by atoms with E-state index in [2.05, 4.69) is 24.9 Å². The highest BCUT2D eigenvalue weighted by atomic mass is 19.1. The van der Waals surface area contributed by atoms with E-state index in [1.54, 1.807) is 30.6 Å². The van der Waals surface area contributed by atoms with E-state index in [0.29, 0.717) is 12.0 Å². The van der Waals surface area contributed by atoms with Crippen LogP contribution in [-0.4, -0.2) is 42.2 Å². The van der Waals surface area contributed by atoms with Crippen LogP contribution < -0.4 is 10.2 Å². The standard InChI is InChI=1S/C17H19FN4O2/c1-24-16(23)14-11-13(3-4-15(14)18)22-9-5-12(6-10-22)21-17-19-7-2-8-20-17/h2-4,7-8,11-12H,5-6,9-10H2,1H3,(H,19,20,21). The number of carbonyl (C=O) groups is 1. The Morgan fingerprint density at radius 1 is 1.29 bits per heavy atom. The molecular formula is C17H19FN4O2. The van der Waals surface area contributed by atoms with Gasteiger partial charge >= 0.3 is 5.97 Å². The second-order valence-corrected chi connectivity index (χ2v) is 5.63. The van der Waals surface area contributed by atoms with E-state index in [9.17, 15) is 9.18 Å². The van der Waals surface area contributed by atoms with Crippen LogP contribution in [0, 0.1) is 5.82 Å². The molecule has 0 spiro atoms. The number of esters is 1. The Morgan fingerprint density at radius 3 is 2.67 bits per heavy atom. The first-order valence-corrected chi connectivity index (χ1v) is 7.84. The van der Waals surface area contributed by atoms with Crippen molar-refractivity contribution >= 4 is 17.6 Å². The van der Waals surface area contributed by atoms with Gasteiger partial charge in [-0.15, -0.1) is 0 Å². The molecule has 0 saturated carbocycles. The minimum Gasteiger partial charge on any atom is -0.465 e. The van der Waals surface area contributed by atoms with Gasteiger partial charge < -0.3 is 15.0 Å². The van der Waals surface area contributed by atoms with Crippen molar-refractivity contribution < 1.29 is 13.9 Å². The zero-order valence-electron chi connectivity index (χ0n) is 13.4. The van der Waals surface area contributed by atoms with Gasteiger partial charge in [0.05, 0.1) is 12.7 Å². The van der Waals surface area contributed by atoms with Gasteiger partial charge in [0.2, 0.25) is 5.95 Å². The SMILES string of the molecule is COC(=O)c1cc(N2CCC(Nc3ncccn3)CC2)ccc1F. The molecule has 1 aliphatic rings. The van der Waals surface area contributed by atoms with Gasteiger partial charge in [-0.3, -0.25) is 0 Å².